The summed E-state index contributed by atoms with van der Waals surface area (Å²) in [6.07, 6.45) is -0.280. The molecule has 0 heterocycles. The van der Waals surface area contributed by atoms with Crippen LogP contribution < -0.4 is 5.73 Å². The summed E-state index contributed by atoms with van der Waals surface area (Å²) in [5.74, 6) is -2.97. The van der Waals surface area contributed by atoms with E-state index in [9.17, 15) is 19.1 Å². The Morgan fingerprint density at radius 3 is 2.15 bits per heavy atom. The second-order valence-corrected chi connectivity index (χ2v) is 5.58. The van der Waals surface area contributed by atoms with E-state index < -0.39 is 28.9 Å². The van der Waals surface area contributed by atoms with Crippen molar-refractivity contribution in [2.45, 2.75) is 38.3 Å². The monoisotopic (exact) mass is 283 g/mol. The predicted molar refractivity (Wildman–Crippen MR) is 70.5 cm³/mol. The smallest absolute Gasteiger partial charge is 0.338 e. The highest BCUT2D eigenvalue weighted by Gasteiger charge is 2.45. The van der Waals surface area contributed by atoms with Crippen LogP contribution in [0.15, 0.2) is 24.3 Å². The van der Waals surface area contributed by atoms with Crippen molar-refractivity contribution in [2.75, 3.05) is 0 Å². The van der Waals surface area contributed by atoms with Crippen LogP contribution in [-0.2, 0) is 20.7 Å². The second-order valence-electron chi connectivity index (χ2n) is 5.58. The average Bonchev–Trinajstić information content (AvgIpc) is 2.29. The van der Waals surface area contributed by atoms with Crippen LogP contribution in [0.5, 0.6) is 0 Å². The van der Waals surface area contributed by atoms with E-state index in [2.05, 4.69) is 0 Å². The van der Waals surface area contributed by atoms with E-state index in [4.69, 9.17) is 10.5 Å². The first-order chi connectivity index (χ1) is 9.04. The van der Waals surface area contributed by atoms with E-state index in [1.165, 1.54) is 24.3 Å². The van der Waals surface area contributed by atoms with E-state index in [1.807, 2.05) is 0 Å². The zero-order chi connectivity index (χ0) is 15.6. The molecule has 0 aliphatic carbocycles. The highest BCUT2D eigenvalue weighted by molar-refractivity contribution is 6.04. The Morgan fingerprint density at radius 1 is 1.25 bits per heavy atom. The van der Waals surface area contributed by atoms with Gasteiger partial charge in [0.2, 0.25) is 5.54 Å². The summed E-state index contributed by atoms with van der Waals surface area (Å²) >= 11 is 0. The maximum Gasteiger partial charge on any atom is 0.338 e. The topological polar surface area (TPSA) is 89.6 Å². The highest BCUT2D eigenvalue weighted by Crippen LogP contribution is 2.18. The van der Waals surface area contributed by atoms with Gasteiger partial charge in [-0.15, -0.1) is 0 Å². The molecule has 20 heavy (non-hydrogen) atoms. The highest BCUT2D eigenvalue weighted by atomic mass is 19.1. The fourth-order valence-electron chi connectivity index (χ4n) is 1.53. The first kappa shape index (κ1) is 16.1. The molecule has 1 aromatic carbocycles. The van der Waals surface area contributed by atoms with Crippen LogP contribution >= 0.6 is 0 Å². The van der Waals surface area contributed by atoms with Crippen LogP contribution in [0, 0.1) is 5.82 Å². The zero-order valence-electron chi connectivity index (χ0n) is 11.6. The van der Waals surface area contributed by atoms with Gasteiger partial charge in [-0.05, 0) is 38.5 Å². The lowest BCUT2D eigenvalue weighted by molar-refractivity contribution is -0.169. The number of aliphatic carboxylic acids is 1. The number of nitrogens with two attached hydrogens (primary N) is 1. The van der Waals surface area contributed by atoms with Gasteiger partial charge in [0.15, 0.2) is 0 Å². The van der Waals surface area contributed by atoms with E-state index in [0.717, 1.165) is 0 Å². The standard InChI is InChI=1S/C14H18FNO4/c1-13(2,3)20-12(19)14(16,11(17)18)8-9-4-6-10(15)7-5-9/h4-7H,8,16H2,1-3H3,(H,17,18)/t14-/m1/s1. The van der Waals surface area contributed by atoms with E-state index in [0.29, 0.717) is 5.56 Å². The van der Waals surface area contributed by atoms with Crippen LogP contribution in [0.2, 0.25) is 0 Å². The third-order valence-electron chi connectivity index (χ3n) is 2.54. The van der Waals surface area contributed by atoms with E-state index >= 15 is 0 Å². The first-order valence-electron chi connectivity index (χ1n) is 6.05. The Kier molecular flexibility index (Phi) is 4.50. The second kappa shape index (κ2) is 5.58. The zero-order valence-corrected chi connectivity index (χ0v) is 11.6. The van der Waals surface area contributed by atoms with Crippen molar-refractivity contribution < 1.29 is 23.8 Å². The lowest BCUT2D eigenvalue weighted by atomic mass is 9.91. The van der Waals surface area contributed by atoms with Gasteiger partial charge in [-0.3, -0.25) is 0 Å². The molecule has 0 aliphatic rings. The van der Waals surface area contributed by atoms with Crippen molar-refractivity contribution in [3.8, 4) is 0 Å². The number of rotatable bonds is 4. The Hall–Kier alpha value is -1.95. The number of carbonyl (C=O) groups excluding carboxylic acids is 1. The van der Waals surface area contributed by atoms with Gasteiger partial charge in [-0.25, -0.2) is 14.0 Å². The molecule has 0 aromatic heterocycles. The third-order valence-corrected chi connectivity index (χ3v) is 2.54. The Balaban J connectivity index is 3.00. The summed E-state index contributed by atoms with van der Waals surface area (Å²) in [5.41, 5.74) is 3.08. The molecule has 0 radical (unpaired) electrons. The van der Waals surface area contributed by atoms with Crippen molar-refractivity contribution in [3.05, 3.63) is 35.6 Å². The number of ether oxygens (including phenoxy) is 1. The summed E-state index contributed by atoms with van der Waals surface area (Å²) in [6, 6.07) is 5.11. The van der Waals surface area contributed by atoms with Gasteiger partial charge in [-0.2, -0.15) is 0 Å². The molecule has 1 rings (SSSR count). The number of hydrogen-bond donors (Lipinski definition) is 2. The van der Waals surface area contributed by atoms with Gasteiger partial charge in [0.25, 0.3) is 0 Å². The van der Waals surface area contributed by atoms with Crippen molar-refractivity contribution >= 4 is 11.9 Å². The van der Waals surface area contributed by atoms with Crippen LogP contribution in [0.3, 0.4) is 0 Å². The fourth-order valence-corrected chi connectivity index (χ4v) is 1.53. The Bertz CT molecular complexity index is 507. The van der Waals surface area contributed by atoms with Crippen molar-refractivity contribution in [1.29, 1.82) is 0 Å². The first-order valence-corrected chi connectivity index (χ1v) is 6.05. The molecule has 0 unspecified atom stereocenters. The molecule has 0 fully saturated rings. The van der Waals surface area contributed by atoms with Gasteiger partial charge in [0.05, 0.1) is 0 Å². The number of carboxylic acid groups (broad SMARTS) is 1. The molecular weight excluding hydrogens is 265 g/mol. The minimum atomic E-state index is -2.20. The van der Waals surface area contributed by atoms with Gasteiger partial charge in [0.1, 0.15) is 11.4 Å². The molecule has 0 aliphatic heterocycles. The van der Waals surface area contributed by atoms with Crippen molar-refractivity contribution in [2.24, 2.45) is 5.73 Å². The molecule has 0 bridgehead atoms. The molecule has 5 nitrogen and oxygen atoms in total. The molecule has 110 valence electrons. The number of carbonyl (C=O) groups is 2. The molecule has 0 spiro atoms. The lowest BCUT2D eigenvalue weighted by Crippen LogP contribution is -2.58. The molecule has 1 atom stereocenters. The van der Waals surface area contributed by atoms with Crippen LogP contribution in [0.1, 0.15) is 26.3 Å². The van der Waals surface area contributed by atoms with Crippen LogP contribution in [0.25, 0.3) is 0 Å². The number of carboxylic acids is 1. The van der Waals surface area contributed by atoms with Gasteiger partial charge in [0, 0.05) is 6.42 Å². The average molecular weight is 283 g/mol. The van der Waals surface area contributed by atoms with E-state index in [-0.39, 0.29) is 6.42 Å². The number of esters is 1. The van der Waals surface area contributed by atoms with Crippen molar-refractivity contribution in [3.63, 3.8) is 0 Å². The van der Waals surface area contributed by atoms with Gasteiger partial charge < -0.3 is 15.6 Å². The predicted octanol–water partition coefficient (Wildman–Crippen LogP) is 1.49. The minimum absolute atomic E-state index is 0.280. The van der Waals surface area contributed by atoms with E-state index in [1.54, 1.807) is 20.8 Å². The molecule has 0 saturated carbocycles. The molecule has 0 saturated heterocycles. The molecule has 6 heteroatoms. The van der Waals surface area contributed by atoms with Crippen molar-refractivity contribution in [1.82, 2.24) is 0 Å². The number of halogens is 1. The SMILES string of the molecule is CC(C)(C)OC(=O)[C@@](N)(Cc1ccc(F)cc1)C(=O)O. The summed E-state index contributed by atoms with van der Waals surface area (Å²) in [5, 5.41) is 9.22. The summed E-state index contributed by atoms with van der Waals surface area (Å²) < 4.78 is 17.9. The summed E-state index contributed by atoms with van der Waals surface area (Å²) in [4.78, 5) is 23.3. The Labute approximate surface area is 116 Å². The summed E-state index contributed by atoms with van der Waals surface area (Å²) in [7, 11) is 0. The molecular formula is C14H18FNO4. The molecule has 0 amide bonds. The van der Waals surface area contributed by atoms with Crippen LogP contribution in [0.4, 0.5) is 4.39 Å². The minimum Gasteiger partial charge on any atom is -0.479 e. The van der Waals surface area contributed by atoms with Gasteiger partial charge >= 0.3 is 11.9 Å². The lowest BCUT2D eigenvalue weighted by Gasteiger charge is -2.28. The Morgan fingerprint density at radius 2 is 1.75 bits per heavy atom. The fraction of sp³-hybridized carbons (Fsp3) is 0.429. The van der Waals surface area contributed by atoms with Crippen LogP contribution in [-0.4, -0.2) is 28.2 Å². The third kappa shape index (κ3) is 4.03. The quantitative estimate of drug-likeness (QED) is 0.645. The normalized spacial score (nSPS) is 14.4. The van der Waals surface area contributed by atoms with Gasteiger partial charge in [-0.1, -0.05) is 12.1 Å². The molecule has 3 N–H and O–H groups in total. The number of hydrogen-bond acceptors (Lipinski definition) is 4. The maximum atomic E-state index is 12.8. The maximum absolute atomic E-state index is 12.8. The number of benzene rings is 1. The molecule has 1 aromatic rings. The largest absolute Gasteiger partial charge is 0.479 e. The summed E-state index contributed by atoms with van der Waals surface area (Å²) in [6.45, 7) is 4.85.